The fraction of sp³-hybridized carbons (Fsp3) is 0.130. The molecule has 0 heterocycles. The molecule has 4 nitrogen and oxygen atoms in total. The molecule has 1 amide bonds. The van der Waals surface area contributed by atoms with E-state index in [4.69, 9.17) is 23.2 Å². The van der Waals surface area contributed by atoms with Gasteiger partial charge in [-0.25, -0.2) is 5.43 Å². The van der Waals surface area contributed by atoms with Gasteiger partial charge in [-0.3, -0.25) is 4.79 Å². The largest absolute Gasteiger partial charge is 0.508 e. The number of nitrogens with one attached hydrogen (secondary N) is 1. The molecule has 4 rings (SSSR count). The second kappa shape index (κ2) is 8.27. The number of hydrazone groups is 1. The molecule has 29 heavy (non-hydrogen) atoms. The molecule has 0 atom stereocenters. The smallest absolute Gasteiger partial charge is 0.240 e. The molecular weight excluding hydrogens is 407 g/mol. The van der Waals surface area contributed by atoms with E-state index in [1.807, 2.05) is 36.4 Å². The van der Waals surface area contributed by atoms with Gasteiger partial charge < -0.3 is 5.11 Å². The van der Waals surface area contributed by atoms with Crippen LogP contribution >= 0.6 is 23.2 Å². The van der Waals surface area contributed by atoms with Gasteiger partial charge >= 0.3 is 0 Å². The number of nitrogens with zero attached hydrogens (tertiary/aromatic N) is 1. The van der Waals surface area contributed by atoms with Crippen molar-refractivity contribution in [1.29, 1.82) is 0 Å². The highest BCUT2D eigenvalue weighted by Crippen LogP contribution is 2.48. The summed E-state index contributed by atoms with van der Waals surface area (Å²) in [6, 6.07) is 18.3. The van der Waals surface area contributed by atoms with Crippen molar-refractivity contribution >= 4 is 35.3 Å². The van der Waals surface area contributed by atoms with Crippen LogP contribution in [-0.4, -0.2) is 17.2 Å². The van der Waals surface area contributed by atoms with Crippen LogP contribution in [-0.2, 0) is 4.79 Å². The molecule has 0 radical (unpaired) electrons. The predicted molar refractivity (Wildman–Crippen MR) is 117 cm³/mol. The lowest BCUT2D eigenvalue weighted by Crippen LogP contribution is -2.18. The standard InChI is InChI=1S/C23H18Cl2N2O2/c24-15-3-7-19-18(20-8-4-16(25)12-22(20)21(19)11-15)9-10-23(29)27-26-13-14-1-5-17(28)6-2-14/h1-8,11-13,18,28H,9-10H2,(H,27,29)/b26-13+. The van der Waals surface area contributed by atoms with Gasteiger partial charge in [0.05, 0.1) is 6.21 Å². The number of carbonyl (C=O) groups excluding carboxylic acids is 1. The first-order valence-electron chi connectivity index (χ1n) is 9.21. The van der Waals surface area contributed by atoms with Gasteiger partial charge in [-0.15, -0.1) is 0 Å². The maximum absolute atomic E-state index is 12.3. The molecule has 3 aromatic rings. The zero-order chi connectivity index (χ0) is 20.4. The summed E-state index contributed by atoms with van der Waals surface area (Å²) < 4.78 is 0. The molecule has 0 saturated carbocycles. The lowest BCUT2D eigenvalue weighted by molar-refractivity contribution is -0.121. The first-order valence-corrected chi connectivity index (χ1v) is 9.97. The Bertz CT molecular complexity index is 1040. The van der Waals surface area contributed by atoms with Crippen LogP contribution < -0.4 is 5.43 Å². The van der Waals surface area contributed by atoms with Crippen LogP contribution in [0.25, 0.3) is 11.1 Å². The third-order valence-electron chi connectivity index (χ3n) is 5.03. The van der Waals surface area contributed by atoms with Crippen molar-refractivity contribution in [3.05, 3.63) is 87.4 Å². The van der Waals surface area contributed by atoms with Gasteiger partial charge in [0.25, 0.3) is 0 Å². The number of halogens is 2. The molecule has 2 N–H and O–H groups in total. The number of phenolic OH excluding ortho intramolecular Hbond substituents is 1. The first-order chi connectivity index (χ1) is 14.0. The fourth-order valence-corrected chi connectivity index (χ4v) is 4.02. The van der Waals surface area contributed by atoms with Crippen molar-refractivity contribution in [3.63, 3.8) is 0 Å². The molecule has 0 aliphatic heterocycles. The van der Waals surface area contributed by atoms with Crippen LogP contribution in [0.1, 0.15) is 35.4 Å². The second-order valence-corrected chi connectivity index (χ2v) is 7.81. The summed E-state index contributed by atoms with van der Waals surface area (Å²) in [5.74, 6) is 0.144. The van der Waals surface area contributed by atoms with Crippen molar-refractivity contribution in [2.75, 3.05) is 0 Å². The highest BCUT2D eigenvalue weighted by Gasteiger charge is 2.29. The Morgan fingerprint density at radius 1 is 0.966 bits per heavy atom. The number of rotatable bonds is 5. The highest BCUT2D eigenvalue weighted by atomic mass is 35.5. The average Bonchev–Trinajstić information content (AvgIpc) is 3.00. The van der Waals surface area contributed by atoms with Gasteiger partial charge in [0, 0.05) is 22.4 Å². The highest BCUT2D eigenvalue weighted by molar-refractivity contribution is 6.31. The zero-order valence-corrected chi connectivity index (χ0v) is 16.9. The van der Waals surface area contributed by atoms with Crippen molar-refractivity contribution in [1.82, 2.24) is 5.43 Å². The van der Waals surface area contributed by atoms with E-state index in [0.717, 1.165) is 27.8 Å². The predicted octanol–water partition coefficient (Wildman–Crippen LogP) is 5.74. The number of benzene rings is 3. The van der Waals surface area contributed by atoms with Crippen LogP contribution in [0.4, 0.5) is 0 Å². The van der Waals surface area contributed by atoms with Gasteiger partial charge in [0.2, 0.25) is 5.91 Å². The van der Waals surface area contributed by atoms with Gasteiger partial charge in [0.15, 0.2) is 0 Å². The summed E-state index contributed by atoms with van der Waals surface area (Å²) in [5.41, 5.74) is 7.82. The van der Waals surface area contributed by atoms with Crippen LogP contribution in [0, 0.1) is 0 Å². The first kappa shape index (κ1) is 19.5. The SMILES string of the molecule is O=C(CCC1c2ccc(Cl)cc2-c2cc(Cl)ccc21)N/N=C/c1ccc(O)cc1. The van der Waals surface area contributed by atoms with E-state index in [1.165, 1.54) is 0 Å². The number of amides is 1. The third-order valence-corrected chi connectivity index (χ3v) is 5.50. The summed E-state index contributed by atoms with van der Waals surface area (Å²) in [4.78, 5) is 12.3. The van der Waals surface area contributed by atoms with Crippen molar-refractivity contribution in [2.45, 2.75) is 18.8 Å². The molecule has 0 aromatic heterocycles. The number of phenols is 1. The number of fused-ring (bicyclic) bond motifs is 3. The van der Waals surface area contributed by atoms with E-state index in [1.54, 1.807) is 30.5 Å². The lowest BCUT2D eigenvalue weighted by Gasteiger charge is -2.13. The Hall–Kier alpha value is -2.82. The Kier molecular flexibility index (Phi) is 5.56. The number of carbonyl (C=O) groups is 1. The summed E-state index contributed by atoms with van der Waals surface area (Å²) in [6.45, 7) is 0. The Labute approximate surface area is 178 Å². The van der Waals surface area contributed by atoms with Gasteiger partial charge in [0.1, 0.15) is 5.75 Å². The maximum atomic E-state index is 12.3. The summed E-state index contributed by atoms with van der Waals surface area (Å²) in [7, 11) is 0. The number of aromatic hydroxyl groups is 1. The van der Waals surface area contributed by atoms with Crippen molar-refractivity contribution in [3.8, 4) is 16.9 Å². The molecule has 6 heteroatoms. The summed E-state index contributed by atoms with van der Waals surface area (Å²) >= 11 is 12.4. The molecule has 0 spiro atoms. The van der Waals surface area contributed by atoms with Gasteiger partial charge in [-0.2, -0.15) is 5.10 Å². The summed E-state index contributed by atoms with van der Waals surface area (Å²) in [5, 5.41) is 14.6. The van der Waals surface area contributed by atoms with Gasteiger partial charge in [-0.05, 0) is 82.8 Å². The molecular formula is C23H18Cl2N2O2. The Balaban J connectivity index is 1.44. The molecule has 3 aromatic carbocycles. The van der Waals surface area contributed by atoms with Crippen LogP contribution in [0.5, 0.6) is 5.75 Å². The van der Waals surface area contributed by atoms with E-state index in [0.29, 0.717) is 22.9 Å². The van der Waals surface area contributed by atoms with Crippen LogP contribution in [0.15, 0.2) is 65.8 Å². The summed E-state index contributed by atoms with van der Waals surface area (Å²) in [6.07, 6.45) is 2.53. The number of hydrogen-bond acceptors (Lipinski definition) is 3. The van der Waals surface area contributed by atoms with E-state index in [2.05, 4.69) is 10.5 Å². The van der Waals surface area contributed by atoms with E-state index in [9.17, 15) is 9.90 Å². The minimum atomic E-state index is -0.155. The minimum Gasteiger partial charge on any atom is -0.508 e. The second-order valence-electron chi connectivity index (χ2n) is 6.94. The van der Waals surface area contributed by atoms with Crippen LogP contribution in [0.3, 0.4) is 0 Å². The normalized spacial score (nSPS) is 12.8. The molecule has 0 unspecified atom stereocenters. The topological polar surface area (TPSA) is 61.7 Å². The quantitative estimate of drug-likeness (QED) is 0.404. The molecule has 0 bridgehead atoms. The average molecular weight is 425 g/mol. The lowest BCUT2D eigenvalue weighted by atomic mass is 9.92. The van der Waals surface area contributed by atoms with Crippen molar-refractivity contribution in [2.24, 2.45) is 5.10 Å². The maximum Gasteiger partial charge on any atom is 0.240 e. The monoisotopic (exact) mass is 424 g/mol. The Morgan fingerprint density at radius 3 is 2.14 bits per heavy atom. The van der Waals surface area contributed by atoms with Gasteiger partial charge in [-0.1, -0.05) is 35.3 Å². The zero-order valence-electron chi connectivity index (χ0n) is 15.4. The molecule has 0 saturated heterocycles. The number of hydrogen-bond donors (Lipinski definition) is 2. The Morgan fingerprint density at radius 2 is 1.55 bits per heavy atom. The fourth-order valence-electron chi connectivity index (χ4n) is 3.68. The molecule has 1 aliphatic rings. The van der Waals surface area contributed by atoms with E-state index >= 15 is 0 Å². The molecule has 1 aliphatic carbocycles. The van der Waals surface area contributed by atoms with Crippen LogP contribution in [0.2, 0.25) is 10.0 Å². The van der Waals surface area contributed by atoms with E-state index in [-0.39, 0.29) is 17.6 Å². The molecule has 146 valence electrons. The van der Waals surface area contributed by atoms with Crippen molar-refractivity contribution < 1.29 is 9.90 Å². The van der Waals surface area contributed by atoms with E-state index < -0.39 is 0 Å². The third kappa shape index (κ3) is 4.29. The molecule has 0 fully saturated rings. The minimum absolute atomic E-state index is 0.112.